The van der Waals surface area contributed by atoms with Gasteiger partial charge in [-0.2, -0.15) is 0 Å². The third-order valence-electron chi connectivity index (χ3n) is 6.06. The molecule has 0 bridgehead atoms. The van der Waals surface area contributed by atoms with Crippen LogP contribution in [0.1, 0.15) is 6.42 Å². The van der Waals surface area contributed by atoms with Gasteiger partial charge in [-0.3, -0.25) is 4.79 Å². The largest absolute Gasteiger partial charge is 0.366 e. The van der Waals surface area contributed by atoms with Gasteiger partial charge in [0.2, 0.25) is 5.91 Å². The van der Waals surface area contributed by atoms with E-state index in [9.17, 15) is 14.0 Å². The summed E-state index contributed by atoms with van der Waals surface area (Å²) in [4.78, 5) is 28.9. The number of likely N-dealkylation sites (tertiary alicyclic amines) is 2. The molecule has 1 spiro atoms. The molecule has 4 fully saturated rings. The maximum absolute atomic E-state index is 13.2. The average Bonchev–Trinajstić information content (AvgIpc) is 2.63. The highest BCUT2D eigenvalue weighted by atomic mass is 35.5. The Labute approximate surface area is 177 Å². The maximum atomic E-state index is 13.2. The van der Waals surface area contributed by atoms with E-state index >= 15 is 0 Å². The fourth-order valence-corrected chi connectivity index (χ4v) is 6.13. The van der Waals surface area contributed by atoms with Crippen molar-refractivity contribution in [2.45, 2.75) is 23.5 Å². The molecule has 5 rings (SSSR count). The number of nitrogens with one attached hydrogen (secondary N) is 1. The molecule has 0 unspecified atom stereocenters. The Balaban J connectivity index is 1.10. The number of fused-ring (bicyclic) bond motifs is 1. The van der Waals surface area contributed by atoms with Gasteiger partial charge in [0.15, 0.2) is 0 Å². The average molecular weight is 441 g/mol. The fraction of sp³-hybridized carbons (Fsp3) is 0.579. The van der Waals surface area contributed by atoms with Gasteiger partial charge in [0, 0.05) is 49.6 Å². The third kappa shape index (κ3) is 3.69. The van der Waals surface area contributed by atoms with Gasteiger partial charge < -0.3 is 19.9 Å². The summed E-state index contributed by atoms with van der Waals surface area (Å²) in [5.74, 6) is -0.451. The van der Waals surface area contributed by atoms with Gasteiger partial charge in [-0.05, 0) is 36.6 Å². The molecule has 1 aromatic rings. The van der Waals surface area contributed by atoms with Crippen LogP contribution in [0.4, 0.5) is 9.18 Å². The second kappa shape index (κ2) is 7.30. The number of hydrogen-bond acceptors (Lipinski definition) is 5. The second-order valence-electron chi connectivity index (χ2n) is 8.36. The Hall–Kier alpha value is -1.55. The number of carbonyl (C=O) groups is 2. The molecular weight excluding hydrogens is 419 g/mol. The number of urea groups is 1. The Morgan fingerprint density at radius 3 is 2.83 bits per heavy atom. The van der Waals surface area contributed by atoms with Gasteiger partial charge in [0.1, 0.15) is 12.4 Å². The Morgan fingerprint density at radius 1 is 1.28 bits per heavy atom. The molecule has 156 valence electrons. The lowest BCUT2D eigenvalue weighted by molar-refractivity contribution is -0.140. The normalized spacial score (nSPS) is 28.4. The minimum absolute atomic E-state index is 0.00924. The molecule has 4 aliphatic heterocycles. The molecule has 1 aromatic carbocycles. The molecule has 3 amide bonds. The zero-order chi connectivity index (χ0) is 20.2. The minimum atomic E-state index is -0.337. The van der Waals surface area contributed by atoms with Gasteiger partial charge in [-0.1, -0.05) is 11.6 Å². The molecule has 4 saturated heterocycles. The highest BCUT2D eigenvalue weighted by Crippen LogP contribution is 2.45. The maximum Gasteiger partial charge on any atom is 0.320 e. The molecular formula is C19H22ClFN4O3S. The van der Waals surface area contributed by atoms with Crippen LogP contribution < -0.4 is 5.32 Å². The van der Waals surface area contributed by atoms with Crippen LogP contribution >= 0.6 is 23.5 Å². The van der Waals surface area contributed by atoms with Crippen molar-refractivity contribution in [2.75, 3.05) is 45.9 Å². The molecule has 4 aliphatic rings. The van der Waals surface area contributed by atoms with E-state index in [1.807, 2.05) is 9.80 Å². The topological polar surface area (TPSA) is 65.1 Å². The van der Waals surface area contributed by atoms with E-state index < -0.39 is 0 Å². The van der Waals surface area contributed by atoms with Crippen molar-refractivity contribution >= 4 is 35.5 Å². The van der Waals surface area contributed by atoms with E-state index in [2.05, 4.69) is 9.62 Å². The summed E-state index contributed by atoms with van der Waals surface area (Å²) in [6.45, 7) is 4.52. The van der Waals surface area contributed by atoms with Crippen molar-refractivity contribution in [3.05, 3.63) is 29.0 Å². The Morgan fingerprint density at radius 2 is 2.07 bits per heavy atom. The van der Waals surface area contributed by atoms with Crippen LogP contribution in [0, 0.1) is 11.2 Å². The van der Waals surface area contributed by atoms with Crippen LogP contribution in [0.5, 0.6) is 0 Å². The highest BCUT2D eigenvalue weighted by Gasteiger charge is 2.54. The van der Waals surface area contributed by atoms with Crippen molar-refractivity contribution in [3.63, 3.8) is 0 Å². The molecule has 0 saturated carbocycles. The first-order valence-electron chi connectivity index (χ1n) is 9.74. The Kier molecular flexibility index (Phi) is 4.89. The van der Waals surface area contributed by atoms with Crippen molar-refractivity contribution in [1.82, 2.24) is 19.4 Å². The summed E-state index contributed by atoms with van der Waals surface area (Å²) in [5.41, 5.74) is 0.148. The van der Waals surface area contributed by atoms with Crippen LogP contribution in [-0.2, 0) is 9.53 Å². The molecule has 0 aromatic heterocycles. The number of hydrogen-bond donors (Lipinski definition) is 1. The van der Waals surface area contributed by atoms with Gasteiger partial charge in [-0.15, -0.1) is 0 Å². The number of morpholine rings is 1. The summed E-state index contributed by atoms with van der Waals surface area (Å²) in [7, 11) is 0. The van der Waals surface area contributed by atoms with Gasteiger partial charge in [0.25, 0.3) is 0 Å². The molecule has 0 radical (unpaired) electrons. The van der Waals surface area contributed by atoms with Crippen LogP contribution in [0.25, 0.3) is 0 Å². The molecule has 0 aliphatic carbocycles. The minimum Gasteiger partial charge on any atom is -0.366 e. The van der Waals surface area contributed by atoms with E-state index in [0.717, 1.165) is 37.5 Å². The number of nitrogens with zero attached hydrogens (tertiary/aromatic N) is 3. The molecule has 1 N–H and O–H groups in total. The van der Waals surface area contributed by atoms with E-state index in [-0.39, 0.29) is 41.9 Å². The van der Waals surface area contributed by atoms with E-state index in [0.29, 0.717) is 18.1 Å². The first-order valence-corrected chi connectivity index (χ1v) is 10.9. The van der Waals surface area contributed by atoms with Crippen LogP contribution in [0.2, 0.25) is 5.02 Å². The first kappa shape index (κ1) is 19.4. The first-order chi connectivity index (χ1) is 13.9. The monoisotopic (exact) mass is 440 g/mol. The number of piperidine rings is 1. The quantitative estimate of drug-likeness (QED) is 0.711. The number of carbonyl (C=O) groups excluding carboxylic acids is 2. The van der Waals surface area contributed by atoms with Crippen LogP contribution in [-0.4, -0.2) is 84.1 Å². The number of halogens is 2. The van der Waals surface area contributed by atoms with Gasteiger partial charge >= 0.3 is 6.03 Å². The number of amides is 3. The van der Waals surface area contributed by atoms with Crippen molar-refractivity contribution in [1.29, 1.82) is 0 Å². The fourth-order valence-electron chi connectivity index (χ4n) is 4.63. The zero-order valence-corrected chi connectivity index (χ0v) is 17.3. The van der Waals surface area contributed by atoms with Crippen molar-refractivity contribution in [3.8, 4) is 0 Å². The lowest BCUT2D eigenvalue weighted by Gasteiger charge is -2.60. The van der Waals surface area contributed by atoms with E-state index in [1.54, 1.807) is 6.07 Å². The van der Waals surface area contributed by atoms with Crippen LogP contribution in [0.15, 0.2) is 23.1 Å². The highest BCUT2D eigenvalue weighted by molar-refractivity contribution is 7.97. The van der Waals surface area contributed by atoms with Crippen LogP contribution in [0.3, 0.4) is 0 Å². The SMILES string of the molecule is O=C1CO[C@H]2CCN(C(=O)N3CC4(CN(Sc5ccc(F)cc5Cl)C4)C3)C[C@H]2N1. The van der Waals surface area contributed by atoms with Gasteiger partial charge in [0.05, 0.1) is 17.2 Å². The van der Waals surface area contributed by atoms with E-state index in [1.165, 1.54) is 24.1 Å². The molecule has 4 heterocycles. The summed E-state index contributed by atoms with van der Waals surface area (Å²) in [6, 6.07) is 4.37. The van der Waals surface area contributed by atoms with E-state index in [4.69, 9.17) is 16.3 Å². The summed E-state index contributed by atoms with van der Waals surface area (Å²) in [6.07, 6.45) is 0.758. The molecule has 2 atom stereocenters. The zero-order valence-electron chi connectivity index (χ0n) is 15.8. The number of ether oxygens (including phenoxy) is 1. The number of benzene rings is 1. The summed E-state index contributed by atoms with van der Waals surface area (Å²) >= 11 is 7.64. The number of rotatable bonds is 2. The Bertz CT molecular complexity index is 845. The molecule has 7 nitrogen and oxygen atoms in total. The molecule has 10 heteroatoms. The molecule has 29 heavy (non-hydrogen) atoms. The second-order valence-corrected chi connectivity index (χ2v) is 9.91. The predicted octanol–water partition coefficient (Wildman–Crippen LogP) is 1.81. The summed E-state index contributed by atoms with van der Waals surface area (Å²) < 4.78 is 20.9. The summed E-state index contributed by atoms with van der Waals surface area (Å²) in [5, 5.41) is 3.35. The smallest absolute Gasteiger partial charge is 0.320 e. The lowest BCUT2D eigenvalue weighted by atomic mass is 9.74. The standard InChI is InChI=1S/C19H22ClFN4O3S/c20-13-5-12(21)1-2-16(13)29-25-10-19(11-25)8-24(9-19)18(27)23-4-3-15-14(6-23)22-17(26)7-28-15/h1-2,5,14-15H,3-4,6-11H2,(H,22,26)/t14-,15+/m1/s1. The van der Waals surface area contributed by atoms with Crippen molar-refractivity contribution in [2.24, 2.45) is 5.41 Å². The third-order valence-corrected chi connectivity index (χ3v) is 7.56. The van der Waals surface area contributed by atoms with Crippen molar-refractivity contribution < 1.29 is 18.7 Å². The predicted molar refractivity (Wildman–Crippen MR) is 106 cm³/mol. The lowest BCUT2D eigenvalue weighted by Crippen LogP contribution is -2.73. The van der Waals surface area contributed by atoms with Gasteiger partial charge in [-0.25, -0.2) is 13.5 Å².